The van der Waals surface area contributed by atoms with Gasteiger partial charge in [0.2, 0.25) is 0 Å². The number of hydrogen-bond donors (Lipinski definition) is 1. The van der Waals surface area contributed by atoms with Gasteiger partial charge in [-0.3, -0.25) is 9.59 Å². The van der Waals surface area contributed by atoms with E-state index in [2.05, 4.69) is 17.4 Å². The first-order valence-corrected chi connectivity index (χ1v) is 13.1. The lowest BCUT2D eigenvalue weighted by Crippen LogP contribution is -2.30. The van der Waals surface area contributed by atoms with Crippen LogP contribution in [0.25, 0.3) is 10.8 Å². The minimum Gasteiger partial charge on any atom is -0.493 e. The molecule has 5 nitrogen and oxygen atoms in total. The lowest BCUT2D eigenvalue weighted by atomic mass is 10.1. The van der Waals surface area contributed by atoms with E-state index in [1.54, 1.807) is 47.4 Å². The Labute approximate surface area is 228 Å². The van der Waals surface area contributed by atoms with Gasteiger partial charge in [0.1, 0.15) is 5.75 Å². The second-order valence-corrected chi connectivity index (χ2v) is 9.19. The predicted molar refractivity (Wildman–Crippen MR) is 158 cm³/mol. The van der Waals surface area contributed by atoms with Crippen LogP contribution >= 0.6 is 0 Å². The Morgan fingerprint density at radius 3 is 2.26 bits per heavy atom. The molecule has 0 saturated heterocycles. The Bertz CT molecular complexity index is 1570. The molecule has 0 heterocycles. The number of ether oxygens (including phenoxy) is 1. The molecule has 5 heteroatoms. The van der Waals surface area contributed by atoms with Gasteiger partial charge in [-0.15, -0.1) is 0 Å². The number of carbonyl (C=O) groups is 2. The van der Waals surface area contributed by atoms with Crippen LogP contribution in [0.1, 0.15) is 33.2 Å². The summed E-state index contributed by atoms with van der Waals surface area (Å²) in [6.07, 6.45) is 0.790. The molecule has 0 fully saturated rings. The summed E-state index contributed by atoms with van der Waals surface area (Å²) < 4.78 is 5.87. The van der Waals surface area contributed by atoms with Gasteiger partial charge in [-0.05, 0) is 66.4 Å². The van der Waals surface area contributed by atoms with Crippen LogP contribution in [0.5, 0.6) is 5.75 Å². The lowest BCUT2D eigenvalue weighted by molar-refractivity contribution is 0.0987. The first-order chi connectivity index (χ1) is 19.1. The zero-order chi connectivity index (χ0) is 27.0. The molecule has 0 bridgehead atoms. The van der Waals surface area contributed by atoms with E-state index >= 15 is 0 Å². The van der Waals surface area contributed by atoms with Crippen LogP contribution in [0.4, 0.5) is 11.4 Å². The van der Waals surface area contributed by atoms with Crippen LogP contribution in [0.2, 0.25) is 0 Å². The summed E-state index contributed by atoms with van der Waals surface area (Å²) in [6, 6.07) is 38.3. The van der Waals surface area contributed by atoms with Crippen molar-refractivity contribution in [3.63, 3.8) is 0 Å². The van der Waals surface area contributed by atoms with E-state index in [-0.39, 0.29) is 11.8 Å². The molecule has 0 unspecified atom stereocenters. The summed E-state index contributed by atoms with van der Waals surface area (Å²) in [5, 5.41) is 5.03. The molecule has 39 heavy (non-hydrogen) atoms. The topological polar surface area (TPSA) is 58.6 Å². The van der Waals surface area contributed by atoms with Crippen molar-refractivity contribution < 1.29 is 14.3 Å². The Balaban J connectivity index is 1.23. The zero-order valence-electron chi connectivity index (χ0n) is 21.8. The first kappa shape index (κ1) is 25.7. The van der Waals surface area contributed by atoms with Crippen molar-refractivity contribution in [1.29, 1.82) is 0 Å². The summed E-state index contributed by atoms with van der Waals surface area (Å²) in [5.74, 6) is 0.313. The number of hydrogen-bond acceptors (Lipinski definition) is 3. The number of anilines is 2. The molecule has 0 aliphatic heterocycles. The average molecular weight is 515 g/mol. The van der Waals surface area contributed by atoms with Crippen LogP contribution in [0, 0.1) is 0 Å². The Morgan fingerprint density at radius 2 is 1.46 bits per heavy atom. The van der Waals surface area contributed by atoms with Crippen molar-refractivity contribution in [3.8, 4) is 5.75 Å². The van der Waals surface area contributed by atoms with Crippen molar-refractivity contribution in [2.75, 3.05) is 23.4 Å². The zero-order valence-corrected chi connectivity index (χ0v) is 21.8. The van der Waals surface area contributed by atoms with E-state index in [0.29, 0.717) is 35.7 Å². The van der Waals surface area contributed by atoms with Gasteiger partial charge in [0.05, 0.1) is 12.3 Å². The molecule has 0 atom stereocenters. The number of nitrogens with one attached hydrogen (secondary N) is 1. The normalized spacial score (nSPS) is 10.7. The smallest absolute Gasteiger partial charge is 0.258 e. The summed E-state index contributed by atoms with van der Waals surface area (Å²) in [5.41, 5.74) is 3.74. The lowest BCUT2D eigenvalue weighted by Gasteiger charge is -2.23. The van der Waals surface area contributed by atoms with E-state index in [9.17, 15) is 9.59 Å². The van der Waals surface area contributed by atoms with Crippen LogP contribution < -0.4 is 15.0 Å². The van der Waals surface area contributed by atoms with Crippen LogP contribution in [0.15, 0.2) is 121 Å². The van der Waals surface area contributed by atoms with Crippen LogP contribution in [-0.4, -0.2) is 25.0 Å². The molecule has 0 spiro atoms. The molecule has 0 radical (unpaired) electrons. The van der Waals surface area contributed by atoms with Gasteiger partial charge in [0.15, 0.2) is 0 Å². The third-order valence-corrected chi connectivity index (χ3v) is 6.61. The molecular formula is C34H30N2O3. The highest BCUT2D eigenvalue weighted by Gasteiger charge is 2.18. The van der Waals surface area contributed by atoms with Crippen molar-refractivity contribution in [2.45, 2.75) is 13.3 Å². The van der Waals surface area contributed by atoms with Crippen molar-refractivity contribution in [1.82, 2.24) is 0 Å². The van der Waals surface area contributed by atoms with Gasteiger partial charge < -0.3 is 15.0 Å². The van der Waals surface area contributed by atoms with Gasteiger partial charge in [-0.1, -0.05) is 72.8 Å². The average Bonchev–Trinajstić information content (AvgIpc) is 2.99. The minimum atomic E-state index is -0.242. The van der Waals surface area contributed by atoms with Crippen LogP contribution in [0.3, 0.4) is 0 Å². The molecule has 5 aromatic carbocycles. The fourth-order valence-electron chi connectivity index (χ4n) is 4.58. The third-order valence-electron chi connectivity index (χ3n) is 6.61. The Kier molecular flexibility index (Phi) is 7.98. The fraction of sp³-hybridized carbons (Fsp3) is 0.118. The highest BCUT2D eigenvalue weighted by atomic mass is 16.5. The maximum Gasteiger partial charge on any atom is 0.258 e. The highest BCUT2D eigenvalue weighted by molar-refractivity contribution is 6.11. The first-order valence-electron chi connectivity index (χ1n) is 13.1. The van der Waals surface area contributed by atoms with E-state index < -0.39 is 0 Å². The van der Waals surface area contributed by atoms with Crippen molar-refractivity contribution in [2.24, 2.45) is 0 Å². The van der Waals surface area contributed by atoms with Crippen molar-refractivity contribution >= 4 is 34.0 Å². The second kappa shape index (κ2) is 12.1. The fourth-order valence-corrected chi connectivity index (χ4v) is 4.58. The van der Waals surface area contributed by atoms with E-state index in [4.69, 9.17) is 4.74 Å². The summed E-state index contributed by atoms with van der Waals surface area (Å²) >= 11 is 0. The van der Waals surface area contributed by atoms with E-state index in [0.717, 1.165) is 22.9 Å². The number of benzene rings is 5. The molecule has 0 aliphatic rings. The predicted octanol–water partition coefficient (Wildman–Crippen LogP) is 7.38. The number of carbonyl (C=O) groups excluding carboxylic acids is 2. The minimum absolute atomic E-state index is 0.0907. The molecule has 194 valence electrons. The maximum atomic E-state index is 13.4. The molecular weight excluding hydrogens is 484 g/mol. The number of amides is 2. The molecule has 5 rings (SSSR count). The van der Waals surface area contributed by atoms with Gasteiger partial charge in [-0.2, -0.15) is 0 Å². The van der Waals surface area contributed by atoms with Crippen molar-refractivity contribution in [3.05, 3.63) is 138 Å². The van der Waals surface area contributed by atoms with Gasteiger partial charge in [-0.25, -0.2) is 0 Å². The monoisotopic (exact) mass is 514 g/mol. The van der Waals surface area contributed by atoms with Gasteiger partial charge in [0, 0.05) is 35.2 Å². The quantitative estimate of drug-likeness (QED) is 0.223. The third kappa shape index (κ3) is 6.16. The summed E-state index contributed by atoms with van der Waals surface area (Å²) in [6.45, 7) is 3.03. The Morgan fingerprint density at radius 1 is 0.744 bits per heavy atom. The van der Waals surface area contributed by atoms with Gasteiger partial charge >= 0.3 is 0 Å². The summed E-state index contributed by atoms with van der Waals surface area (Å²) in [7, 11) is 0. The number of nitrogens with zero attached hydrogens (tertiary/aromatic N) is 1. The maximum absolute atomic E-state index is 13.4. The van der Waals surface area contributed by atoms with Crippen LogP contribution in [-0.2, 0) is 6.42 Å². The molecule has 0 aromatic heterocycles. The molecule has 5 aromatic rings. The standard InChI is InChI=1S/C34H30N2O3/c1-2-36(32-17-9-13-26-12-6-7-16-31(26)32)34(38)27-18-20-29(21-19-27)35-33(37)28-14-8-15-30(24-28)39-23-22-25-10-4-3-5-11-25/h3-21,24H,2,22-23H2,1H3,(H,35,37). The molecule has 2 amide bonds. The van der Waals surface area contributed by atoms with E-state index in [1.807, 2.05) is 73.7 Å². The summed E-state index contributed by atoms with van der Waals surface area (Å²) in [4.78, 5) is 28.1. The molecule has 0 saturated carbocycles. The van der Waals surface area contributed by atoms with E-state index in [1.165, 1.54) is 5.56 Å². The number of fused-ring (bicyclic) bond motifs is 1. The Hall–Kier alpha value is -4.90. The largest absolute Gasteiger partial charge is 0.493 e. The second-order valence-electron chi connectivity index (χ2n) is 9.19. The number of rotatable bonds is 9. The molecule has 0 aliphatic carbocycles. The van der Waals surface area contributed by atoms with Gasteiger partial charge in [0.25, 0.3) is 11.8 Å². The SMILES string of the molecule is CCN(C(=O)c1ccc(NC(=O)c2cccc(OCCc3ccccc3)c2)cc1)c1cccc2ccccc12. The highest BCUT2D eigenvalue weighted by Crippen LogP contribution is 2.28. The molecule has 1 N–H and O–H groups in total.